The molecule has 6 atom stereocenters. The fourth-order valence-electron chi connectivity index (χ4n) is 5.26. The molecule has 1 aliphatic carbocycles. The lowest BCUT2D eigenvalue weighted by Crippen LogP contribution is -2.49. The Balaban J connectivity index is 1.47. The Morgan fingerprint density at radius 1 is 1.17 bits per heavy atom. The second-order valence-corrected chi connectivity index (χ2v) is 13.0. The van der Waals surface area contributed by atoms with Crippen molar-refractivity contribution in [2.75, 3.05) is 18.9 Å². The number of ether oxygens (including phenoxy) is 4. The number of nitrogen functional groups attached to an aromatic ring is 1. The van der Waals surface area contributed by atoms with Crippen LogP contribution in [0.5, 0.6) is 5.75 Å². The predicted octanol–water partition coefficient (Wildman–Crippen LogP) is 3.03. The van der Waals surface area contributed by atoms with Crippen LogP contribution < -0.4 is 15.3 Å². The van der Waals surface area contributed by atoms with Gasteiger partial charge in [-0.25, -0.2) is 14.1 Å². The van der Waals surface area contributed by atoms with Crippen molar-refractivity contribution in [1.82, 2.24) is 19.7 Å². The first-order valence-corrected chi connectivity index (χ1v) is 16.4. The van der Waals surface area contributed by atoms with Crippen LogP contribution in [0.3, 0.4) is 0 Å². The third-order valence-electron chi connectivity index (χ3n) is 7.79. The van der Waals surface area contributed by atoms with Gasteiger partial charge in [0.15, 0.2) is 18.0 Å². The van der Waals surface area contributed by atoms with Gasteiger partial charge in [0.05, 0.1) is 12.3 Å². The average Bonchev–Trinajstić information content (AvgIpc) is 3.56. The van der Waals surface area contributed by atoms with Gasteiger partial charge in [-0.2, -0.15) is 15.4 Å². The first-order chi connectivity index (χ1) is 22.4. The number of benzene rings is 1. The number of hydrogen-bond acceptors (Lipinski definition) is 14. The number of carbonyl (C=O) groups excluding carboxylic acids is 3. The van der Waals surface area contributed by atoms with Crippen LogP contribution in [0.25, 0.3) is 5.52 Å². The molecule has 0 amide bonds. The van der Waals surface area contributed by atoms with E-state index in [0.29, 0.717) is 5.52 Å². The van der Waals surface area contributed by atoms with E-state index in [1.807, 2.05) is 6.07 Å². The number of esters is 3. The number of nitrogens with two attached hydrogens (primary N) is 1. The van der Waals surface area contributed by atoms with Crippen molar-refractivity contribution >= 4 is 37.0 Å². The molecule has 250 valence electrons. The molecule has 2 aromatic heterocycles. The van der Waals surface area contributed by atoms with Crippen molar-refractivity contribution in [3.05, 3.63) is 54.5 Å². The smallest absolute Gasteiger partial charge is 0.459 e. The van der Waals surface area contributed by atoms with E-state index in [1.54, 1.807) is 30.3 Å². The van der Waals surface area contributed by atoms with Crippen molar-refractivity contribution < 1.29 is 46.9 Å². The largest absolute Gasteiger partial charge is 0.464 e. The van der Waals surface area contributed by atoms with E-state index in [0.717, 1.165) is 33.1 Å². The quantitative estimate of drug-likeness (QED) is 0.152. The van der Waals surface area contributed by atoms with Crippen LogP contribution in [-0.2, 0) is 42.4 Å². The molecule has 1 saturated heterocycles. The summed E-state index contributed by atoms with van der Waals surface area (Å²) in [6.45, 7) is 3.06. The second-order valence-electron chi connectivity index (χ2n) is 11.3. The molecule has 3 aromatic rings. The number of anilines is 1. The standard InChI is InChI=1S/C30H35N6O10P/c1-18(29(39)41-14-21-8-7-9-21)35-47(40,46-22-10-5-4-6-11-22)42-16-30(15-31)27(44-20(3)38)26(43-19(2)37)25(45-30)23-12-13-24-28(32)33-17-34-36(23)24/h4-6,10-13,17-18,21,25-27H,7-9,14,16H2,1-3H3,(H,35,40)(H2,32,33,34)/t18-,25-,26-,27-,30+,47+/m0/s1. The van der Waals surface area contributed by atoms with Crippen molar-refractivity contribution in [3.63, 3.8) is 0 Å². The number of nitrogens with zero attached hydrogens (tertiary/aromatic N) is 4. The number of fused-ring (bicyclic) bond motifs is 1. The van der Waals surface area contributed by atoms with E-state index in [2.05, 4.69) is 15.2 Å². The highest BCUT2D eigenvalue weighted by molar-refractivity contribution is 7.52. The molecule has 2 fully saturated rings. The molecular formula is C30H35N6O10P. The number of nitrogens with one attached hydrogen (secondary N) is 1. The maximum absolute atomic E-state index is 14.3. The van der Waals surface area contributed by atoms with Gasteiger partial charge < -0.3 is 29.2 Å². The summed E-state index contributed by atoms with van der Waals surface area (Å²) in [5.41, 5.74) is 4.45. The van der Waals surface area contributed by atoms with Gasteiger partial charge >= 0.3 is 25.7 Å². The first kappa shape index (κ1) is 33.8. The molecule has 1 aliphatic heterocycles. The average molecular weight is 671 g/mol. The number of nitriles is 1. The lowest BCUT2D eigenvalue weighted by molar-refractivity contribution is -0.166. The zero-order valence-electron chi connectivity index (χ0n) is 25.9. The Kier molecular flexibility index (Phi) is 10.1. The number of para-hydroxylation sites is 1. The fraction of sp³-hybridized carbons (Fsp3) is 0.467. The summed E-state index contributed by atoms with van der Waals surface area (Å²) < 4.78 is 49.9. The van der Waals surface area contributed by atoms with Crippen LogP contribution in [0, 0.1) is 17.2 Å². The zero-order valence-corrected chi connectivity index (χ0v) is 26.8. The highest BCUT2D eigenvalue weighted by Crippen LogP contribution is 2.50. The van der Waals surface area contributed by atoms with Gasteiger partial charge in [-0.3, -0.25) is 18.9 Å². The molecule has 1 aromatic carbocycles. The Labute approximate surface area is 270 Å². The summed E-state index contributed by atoms with van der Waals surface area (Å²) in [4.78, 5) is 41.4. The van der Waals surface area contributed by atoms with Gasteiger partial charge in [-0.05, 0) is 49.9 Å². The van der Waals surface area contributed by atoms with Crippen molar-refractivity contribution in [3.8, 4) is 11.8 Å². The minimum Gasteiger partial charge on any atom is -0.464 e. The van der Waals surface area contributed by atoms with E-state index < -0.39 is 62.2 Å². The number of carbonyl (C=O) groups is 3. The van der Waals surface area contributed by atoms with Gasteiger partial charge in [-0.15, -0.1) is 0 Å². The lowest BCUT2D eigenvalue weighted by Gasteiger charge is -2.30. The SMILES string of the molecule is CC(=O)O[C@H]1[C@H](c2ccc3c(N)ncnn23)O[C@](C#N)(CO[P@](=O)(N[C@@H](C)C(=O)OCC2CCC2)Oc2ccccc2)[C@H]1OC(C)=O. The number of rotatable bonds is 13. The highest BCUT2D eigenvalue weighted by atomic mass is 31.2. The Morgan fingerprint density at radius 3 is 2.53 bits per heavy atom. The van der Waals surface area contributed by atoms with Crippen LogP contribution in [0.4, 0.5) is 5.82 Å². The lowest BCUT2D eigenvalue weighted by atomic mass is 9.86. The Morgan fingerprint density at radius 2 is 1.89 bits per heavy atom. The third-order valence-corrected chi connectivity index (χ3v) is 9.41. The molecule has 0 unspecified atom stereocenters. The van der Waals surface area contributed by atoms with Gasteiger partial charge in [0.2, 0.25) is 5.60 Å². The molecule has 3 N–H and O–H groups in total. The van der Waals surface area contributed by atoms with Gasteiger partial charge in [0.25, 0.3) is 0 Å². The fourth-order valence-corrected chi connectivity index (χ4v) is 6.78. The van der Waals surface area contributed by atoms with Crippen molar-refractivity contribution in [1.29, 1.82) is 5.26 Å². The molecule has 1 saturated carbocycles. The summed E-state index contributed by atoms with van der Waals surface area (Å²) in [5, 5.41) is 17.3. The van der Waals surface area contributed by atoms with E-state index in [1.165, 1.54) is 29.9 Å². The first-order valence-electron chi connectivity index (χ1n) is 14.9. The molecule has 2 aliphatic rings. The summed E-state index contributed by atoms with van der Waals surface area (Å²) in [6.07, 6.45) is -0.0400. The van der Waals surface area contributed by atoms with Crippen LogP contribution in [-0.4, -0.2) is 69.6 Å². The molecule has 0 spiro atoms. The van der Waals surface area contributed by atoms with E-state index in [4.69, 9.17) is 33.7 Å². The third kappa shape index (κ3) is 7.55. The van der Waals surface area contributed by atoms with Gasteiger partial charge in [0, 0.05) is 13.8 Å². The van der Waals surface area contributed by atoms with Crippen LogP contribution >= 0.6 is 7.75 Å². The molecule has 3 heterocycles. The molecular weight excluding hydrogens is 635 g/mol. The normalized spacial score (nSPS) is 24.3. The summed E-state index contributed by atoms with van der Waals surface area (Å²) >= 11 is 0. The second kappa shape index (κ2) is 14.1. The maximum atomic E-state index is 14.3. The minimum absolute atomic E-state index is 0.126. The van der Waals surface area contributed by atoms with Crippen LogP contribution in [0.15, 0.2) is 48.8 Å². The number of hydrogen-bond donors (Lipinski definition) is 2. The van der Waals surface area contributed by atoms with E-state index >= 15 is 0 Å². The molecule has 47 heavy (non-hydrogen) atoms. The van der Waals surface area contributed by atoms with Crippen LogP contribution in [0.2, 0.25) is 0 Å². The topological polar surface area (TPSA) is 216 Å². The van der Waals surface area contributed by atoms with Crippen molar-refractivity contribution in [2.24, 2.45) is 5.92 Å². The molecule has 0 radical (unpaired) electrons. The maximum Gasteiger partial charge on any atom is 0.459 e. The zero-order chi connectivity index (χ0) is 33.8. The van der Waals surface area contributed by atoms with Crippen LogP contribution in [0.1, 0.15) is 51.8 Å². The summed E-state index contributed by atoms with van der Waals surface area (Å²) in [7, 11) is -4.51. The number of aromatic nitrogens is 3. The molecule has 17 heteroatoms. The summed E-state index contributed by atoms with van der Waals surface area (Å²) in [6, 6.07) is 12.0. The Bertz CT molecular complexity index is 1710. The van der Waals surface area contributed by atoms with E-state index in [-0.39, 0.29) is 29.8 Å². The van der Waals surface area contributed by atoms with Gasteiger partial charge in [0.1, 0.15) is 42.4 Å². The molecule has 16 nitrogen and oxygen atoms in total. The monoisotopic (exact) mass is 670 g/mol. The Hall–Kier alpha value is -4.55. The van der Waals surface area contributed by atoms with E-state index in [9.17, 15) is 24.2 Å². The predicted molar refractivity (Wildman–Crippen MR) is 162 cm³/mol. The van der Waals surface area contributed by atoms with Gasteiger partial charge in [-0.1, -0.05) is 24.6 Å². The highest BCUT2D eigenvalue weighted by Gasteiger charge is 2.62. The minimum atomic E-state index is -4.51. The summed E-state index contributed by atoms with van der Waals surface area (Å²) in [5.74, 6) is -1.72. The molecule has 0 bridgehead atoms. The van der Waals surface area contributed by atoms with Crippen molar-refractivity contribution in [2.45, 2.75) is 70.0 Å². The molecule has 5 rings (SSSR count).